The van der Waals surface area contributed by atoms with Gasteiger partial charge in [0.05, 0.1) is 12.4 Å². The van der Waals surface area contributed by atoms with E-state index in [1.54, 1.807) is 0 Å². The molecule has 0 saturated carbocycles. The summed E-state index contributed by atoms with van der Waals surface area (Å²) >= 11 is 0. The van der Waals surface area contributed by atoms with Gasteiger partial charge in [-0.05, 0) is 12.8 Å². The van der Waals surface area contributed by atoms with Crippen molar-refractivity contribution in [2.24, 2.45) is 0 Å². The molecule has 6 heteroatoms. The summed E-state index contributed by atoms with van der Waals surface area (Å²) in [6, 6.07) is 0. The molecule has 0 spiro atoms. The topological polar surface area (TPSA) is 63.6 Å². The van der Waals surface area contributed by atoms with Crippen molar-refractivity contribution < 1.29 is 17.7 Å². The summed E-state index contributed by atoms with van der Waals surface area (Å²) in [6.07, 6.45) is 15.3. The van der Waals surface area contributed by atoms with Gasteiger partial charge in [0.1, 0.15) is 0 Å². The minimum atomic E-state index is -3.42. The highest BCUT2D eigenvalue weighted by molar-refractivity contribution is 7.86. The van der Waals surface area contributed by atoms with E-state index < -0.39 is 10.1 Å². The zero-order valence-corrected chi connectivity index (χ0v) is 15.2. The summed E-state index contributed by atoms with van der Waals surface area (Å²) < 4.78 is 27.6. The zero-order valence-electron chi connectivity index (χ0n) is 14.4. The molecule has 0 aliphatic carbocycles. The molecule has 1 N–H and O–H groups in total. The van der Waals surface area contributed by atoms with E-state index in [0.29, 0.717) is 0 Å². The first-order valence-corrected chi connectivity index (χ1v) is 10.7. The summed E-state index contributed by atoms with van der Waals surface area (Å²) in [7, 11) is -3.42. The van der Waals surface area contributed by atoms with Gasteiger partial charge < -0.3 is 5.11 Å². The van der Waals surface area contributed by atoms with Crippen LogP contribution in [0.4, 0.5) is 0 Å². The predicted octanol–water partition coefficient (Wildman–Crippen LogP) is 3.50. The Morgan fingerprint density at radius 1 is 0.739 bits per heavy atom. The van der Waals surface area contributed by atoms with Crippen LogP contribution in [0.15, 0.2) is 0 Å². The predicted molar refractivity (Wildman–Crippen MR) is 101 cm³/mol. The van der Waals surface area contributed by atoms with Crippen molar-refractivity contribution in [1.82, 2.24) is 0 Å². The Hall–Kier alpha value is 0.636. The van der Waals surface area contributed by atoms with Crippen LogP contribution in [0.1, 0.15) is 90.4 Å². The molecule has 0 atom stereocenters. The first kappa shape index (κ1) is 25.9. The van der Waals surface area contributed by atoms with Crippen molar-refractivity contribution in [3.05, 3.63) is 0 Å². The fourth-order valence-electron chi connectivity index (χ4n) is 2.43. The molecule has 0 bridgehead atoms. The summed E-state index contributed by atoms with van der Waals surface area (Å²) in [5.74, 6) is -0.0816. The van der Waals surface area contributed by atoms with Gasteiger partial charge in [-0.1, -0.05) is 77.6 Å². The van der Waals surface area contributed by atoms with Crippen molar-refractivity contribution in [3.63, 3.8) is 0 Å². The van der Waals surface area contributed by atoms with Crippen LogP contribution in [0.5, 0.6) is 0 Å². The van der Waals surface area contributed by atoms with E-state index in [9.17, 15) is 8.42 Å². The van der Waals surface area contributed by atoms with E-state index in [1.165, 1.54) is 57.8 Å². The molecule has 0 aliphatic rings. The zero-order chi connectivity index (χ0) is 16.5. The fourth-order valence-corrected chi connectivity index (χ4v) is 3.40. The molecular formula is C17H38MgO4S. The van der Waals surface area contributed by atoms with Crippen molar-refractivity contribution >= 4 is 33.2 Å². The number of aliphatic hydroxyl groups is 1. The van der Waals surface area contributed by atoms with Gasteiger partial charge in [0.2, 0.25) is 0 Å². The Balaban J connectivity index is 0. The molecule has 0 aromatic rings. The molecule has 0 rings (SSSR count). The summed E-state index contributed by atoms with van der Waals surface area (Å²) in [5.41, 5.74) is 0. The number of unbranched alkanes of at least 4 members (excludes halogenated alkanes) is 11. The number of aliphatic hydroxyl groups excluding tert-OH is 1. The maximum Gasteiger partial charge on any atom is 0.316 e. The molecule has 0 saturated heterocycles. The van der Waals surface area contributed by atoms with Crippen LogP contribution >= 0.6 is 0 Å². The van der Waals surface area contributed by atoms with Crippen molar-refractivity contribution in [3.8, 4) is 0 Å². The van der Waals surface area contributed by atoms with Crippen molar-refractivity contribution in [2.45, 2.75) is 90.4 Å². The molecule has 138 valence electrons. The average molecular weight is 363 g/mol. The van der Waals surface area contributed by atoms with Gasteiger partial charge in [-0.25, -0.2) is 0 Å². The number of hydrogen-bond acceptors (Lipinski definition) is 4. The molecule has 0 amide bonds. The van der Waals surface area contributed by atoms with Gasteiger partial charge in [0.15, 0.2) is 0 Å². The maximum absolute atomic E-state index is 11.4. The first-order chi connectivity index (χ1) is 10.6. The van der Waals surface area contributed by atoms with Crippen LogP contribution in [0.2, 0.25) is 0 Å². The SMILES string of the molecule is CCCCCCCCCCCCCCOS(=O)(=O)CCCO.[MgH2]. The second-order valence-electron chi connectivity index (χ2n) is 6.05. The minimum Gasteiger partial charge on any atom is -0.396 e. The highest BCUT2D eigenvalue weighted by atomic mass is 32.2. The summed E-state index contributed by atoms with van der Waals surface area (Å²) in [5, 5.41) is 8.59. The standard InChI is InChI=1S/C17H36O4S.Mg.2H/c1-2-3-4-5-6-7-8-9-10-11-12-13-16-21-22(19,20)17-14-15-18;;;/h18H,2-17H2,1H3;;;. The molecule has 23 heavy (non-hydrogen) atoms. The first-order valence-electron chi connectivity index (χ1n) is 9.10. The second kappa shape index (κ2) is 19.0. The Bertz CT molecular complexity index is 321. The third-order valence-electron chi connectivity index (χ3n) is 3.81. The van der Waals surface area contributed by atoms with Crippen LogP contribution < -0.4 is 0 Å². The molecule has 0 radical (unpaired) electrons. The normalized spacial score (nSPS) is 11.4. The van der Waals surface area contributed by atoms with Gasteiger partial charge in [-0.15, -0.1) is 0 Å². The summed E-state index contributed by atoms with van der Waals surface area (Å²) in [4.78, 5) is 0. The minimum absolute atomic E-state index is 0. The van der Waals surface area contributed by atoms with Gasteiger partial charge in [0.25, 0.3) is 10.1 Å². The van der Waals surface area contributed by atoms with Crippen LogP contribution in [0, 0.1) is 0 Å². The third-order valence-corrected chi connectivity index (χ3v) is 5.13. The largest absolute Gasteiger partial charge is 0.396 e. The van der Waals surface area contributed by atoms with Crippen LogP contribution in [-0.2, 0) is 14.3 Å². The van der Waals surface area contributed by atoms with E-state index in [0.717, 1.165) is 19.3 Å². The highest BCUT2D eigenvalue weighted by Gasteiger charge is 2.09. The molecule has 0 aliphatic heterocycles. The smallest absolute Gasteiger partial charge is 0.316 e. The monoisotopic (exact) mass is 362 g/mol. The van der Waals surface area contributed by atoms with E-state index in [1.807, 2.05) is 0 Å². The highest BCUT2D eigenvalue weighted by Crippen LogP contribution is 2.12. The van der Waals surface area contributed by atoms with E-state index in [2.05, 4.69) is 6.92 Å². The van der Waals surface area contributed by atoms with Gasteiger partial charge >= 0.3 is 23.1 Å². The molecule has 0 unspecified atom stereocenters. The molecule has 0 fully saturated rings. The van der Waals surface area contributed by atoms with Crippen LogP contribution in [0.3, 0.4) is 0 Å². The van der Waals surface area contributed by atoms with Crippen molar-refractivity contribution in [1.29, 1.82) is 0 Å². The maximum atomic E-state index is 11.4. The average Bonchev–Trinajstić information content (AvgIpc) is 2.50. The Morgan fingerprint density at radius 3 is 1.61 bits per heavy atom. The molecular weight excluding hydrogens is 325 g/mol. The lowest BCUT2D eigenvalue weighted by Crippen LogP contribution is -2.12. The molecule has 4 nitrogen and oxygen atoms in total. The lowest BCUT2D eigenvalue weighted by molar-refractivity contribution is 0.283. The van der Waals surface area contributed by atoms with Crippen LogP contribution in [-0.4, -0.2) is 55.5 Å². The number of hydrogen-bond donors (Lipinski definition) is 1. The third kappa shape index (κ3) is 20.6. The molecule has 0 aromatic carbocycles. The van der Waals surface area contributed by atoms with Crippen molar-refractivity contribution in [2.75, 3.05) is 19.0 Å². The van der Waals surface area contributed by atoms with E-state index >= 15 is 0 Å². The van der Waals surface area contributed by atoms with Gasteiger partial charge in [-0.2, -0.15) is 8.42 Å². The second-order valence-corrected chi connectivity index (χ2v) is 7.81. The van der Waals surface area contributed by atoms with E-state index in [-0.39, 0.29) is 48.4 Å². The lowest BCUT2D eigenvalue weighted by Gasteiger charge is -2.05. The summed E-state index contributed by atoms with van der Waals surface area (Å²) in [6.45, 7) is 2.42. The van der Waals surface area contributed by atoms with Gasteiger partial charge in [-0.3, -0.25) is 4.18 Å². The quantitative estimate of drug-likeness (QED) is 0.244. The van der Waals surface area contributed by atoms with Crippen LogP contribution in [0.25, 0.3) is 0 Å². The lowest BCUT2D eigenvalue weighted by atomic mass is 10.1. The molecule has 0 aromatic heterocycles. The van der Waals surface area contributed by atoms with Gasteiger partial charge in [0, 0.05) is 6.61 Å². The van der Waals surface area contributed by atoms with E-state index in [4.69, 9.17) is 9.29 Å². The number of rotatable bonds is 17. The Morgan fingerprint density at radius 2 is 1.17 bits per heavy atom. The Kier molecular flexibility index (Phi) is 21.3. The fraction of sp³-hybridized carbons (Fsp3) is 1.00. The molecule has 0 heterocycles. The Labute approximate surface area is 160 Å².